The molecular formula is C12H25NO3. The van der Waals surface area contributed by atoms with Crippen LogP contribution in [0.5, 0.6) is 0 Å². The van der Waals surface area contributed by atoms with Crippen LogP contribution in [-0.4, -0.2) is 35.9 Å². The van der Waals surface area contributed by atoms with Gasteiger partial charge in [-0.1, -0.05) is 20.3 Å². The first kappa shape index (κ1) is 15.4. The number of carbonyl (C=O) groups excluding carboxylic acids is 1. The zero-order valence-electron chi connectivity index (χ0n) is 11.2. The average molecular weight is 231 g/mol. The summed E-state index contributed by atoms with van der Waals surface area (Å²) in [5.74, 6) is -0.348. The van der Waals surface area contributed by atoms with Crippen molar-refractivity contribution in [3.63, 3.8) is 0 Å². The highest BCUT2D eigenvalue weighted by atomic mass is 16.6. The molecule has 0 bridgehead atoms. The van der Waals surface area contributed by atoms with E-state index in [1.165, 1.54) is 0 Å². The molecule has 1 unspecified atom stereocenters. The molecule has 0 rings (SSSR count). The minimum atomic E-state index is -1.11. The number of hydrogen-bond donors (Lipinski definition) is 2. The van der Waals surface area contributed by atoms with Gasteiger partial charge >= 0.3 is 5.97 Å². The van der Waals surface area contributed by atoms with Crippen LogP contribution >= 0.6 is 0 Å². The van der Waals surface area contributed by atoms with E-state index < -0.39 is 17.7 Å². The molecule has 0 radical (unpaired) electrons. The van der Waals surface area contributed by atoms with Gasteiger partial charge in [0.2, 0.25) is 0 Å². The summed E-state index contributed by atoms with van der Waals surface area (Å²) < 4.78 is 5.15. The smallest absolute Gasteiger partial charge is 0.337 e. The summed E-state index contributed by atoms with van der Waals surface area (Å²) in [7, 11) is 1.74. The van der Waals surface area contributed by atoms with Gasteiger partial charge < -0.3 is 15.2 Å². The van der Waals surface area contributed by atoms with Gasteiger partial charge in [-0.25, -0.2) is 4.79 Å². The Bertz CT molecular complexity index is 223. The van der Waals surface area contributed by atoms with Crippen LogP contribution in [0.4, 0.5) is 0 Å². The van der Waals surface area contributed by atoms with E-state index in [2.05, 4.69) is 5.32 Å². The summed E-state index contributed by atoms with van der Waals surface area (Å²) >= 11 is 0. The highest BCUT2D eigenvalue weighted by Gasteiger charge is 2.32. The van der Waals surface area contributed by atoms with Crippen molar-refractivity contribution in [3.8, 4) is 0 Å². The maximum absolute atomic E-state index is 11.7. The van der Waals surface area contributed by atoms with Gasteiger partial charge in [0.25, 0.3) is 0 Å². The van der Waals surface area contributed by atoms with Crippen molar-refractivity contribution < 1.29 is 14.6 Å². The Morgan fingerprint density at radius 3 is 2.25 bits per heavy atom. The number of aliphatic hydroxyl groups excluding tert-OH is 1. The van der Waals surface area contributed by atoms with Crippen LogP contribution < -0.4 is 5.32 Å². The molecule has 0 heterocycles. The van der Waals surface area contributed by atoms with Crippen LogP contribution in [0.1, 0.15) is 41.0 Å². The van der Waals surface area contributed by atoms with Gasteiger partial charge in [0.15, 0.2) is 6.10 Å². The Balaban J connectivity index is 4.51. The second-order valence-corrected chi connectivity index (χ2v) is 5.18. The molecule has 0 aromatic carbocycles. The number of ether oxygens (including phenoxy) is 1. The summed E-state index contributed by atoms with van der Waals surface area (Å²) in [4.78, 5) is 11.7. The predicted octanol–water partition coefficient (Wildman–Crippen LogP) is 1.32. The van der Waals surface area contributed by atoms with Crippen molar-refractivity contribution in [2.75, 3.05) is 7.05 Å². The lowest BCUT2D eigenvalue weighted by molar-refractivity contribution is -0.167. The normalized spacial score (nSPS) is 17.7. The predicted molar refractivity (Wildman–Crippen MR) is 64.2 cm³/mol. The fourth-order valence-corrected chi connectivity index (χ4v) is 1.52. The van der Waals surface area contributed by atoms with Crippen LogP contribution in [-0.2, 0) is 9.53 Å². The fraction of sp³-hybridized carbons (Fsp3) is 0.917. The maximum Gasteiger partial charge on any atom is 0.337 e. The van der Waals surface area contributed by atoms with E-state index >= 15 is 0 Å². The number of esters is 1. The largest absolute Gasteiger partial charge is 0.458 e. The molecule has 96 valence electrons. The molecule has 0 aromatic heterocycles. The molecule has 4 nitrogen and oxygen atoms in total. The third-order valence-corrected chi connectivity index (χ3v) is 2.58. The SMILES string of the molecule is CC[C@H](C)[C@H](NC)C(O)C(=O)OC(C)(C)C. The van der Waals surface area contributed by atoms with Crippen LogP contribution in [0.25, 0.3) is 0 Å². The Hall–Kier alpha value is -0.610. The van der Waals surface area contributed by atoms with Crippen molar-refractivity contribution in [2.24, 2.45) is 5.92 Å². The van der Waals surface area contributed by atoms with Gasteiger partial charge in [-0.2, -0.15) is 0 Å². The fourth-order valence-electron chi connectivity index (χ4n) is 1.52. The Morgan fingerprint density at radius 2 is 1.94 bits per heavy atom. The van der Waals surface area contributed by atoms with Gasteiger partial charge in [0.1, 0.15) is 5.60 Å². The Labute approximate surface area is 98.4 Å². The van der Waals surface area contributed by atoms with E-state index in [1.807, 2.05) is 13.8 Å². The first-order valence-corrected chi connectivity index (χ1v) is 5.81. The second kappa shape index (κ2) is 6.21. The van der Waals surface area contributed by atoms with Crippen LogP contribution in [0, 0.1) is 5.92 Å². The van der Waals surface area contributed by atoms with Crippen molar-refractivity contribution in [3.05, 3.63) is 0 Å². The third-order valence-electron chi connectivity index (χ3n) is 2.58. The van der Waals surface area contributed by atoms with Crippen molar-refractivity contribution in [1.29, 1.82) is 0 Å². The molecule has 4 heteroatoms. The summed E-state index contributed by atoms with van der Waals surface area (Å²) in [5.41, 5.74) is -0.564. The summed E-state index contributed by atoms with van der Waals surface area (Å²) in [6.45, 7) is 9.38. The van der Waals surface area contributed by atoms with E-state index in [0.717, 1.165) is 6.42 Å². The molecule has 16 heavy (non-hydrogen) atoms. The van der Waals surface area contributed by atoms with E-state index in [4.69, 9.17) is 4.74 Å². The van der Waals surface area contributed by atoms with E-state index in [-0.39, 0.29) is 12.0 Å². The van der Waals surface area contributed by atoms with E-state index in [9.17, 15) is 9.90 Å². The third kappa shape index (κ3) is 4.94. The van der Waals surface area contributed by atoms with Crippen LogP contribution in [0.2, 0.25) is 0 Å². The number of hydrogen-bond acceptors (Lipinski definition) is 4. The van der Waals surface area contributed by atoms with E-state index in [0.29, 0.717) is 0 Å². The van der Waals surface area contributed by atoms with Crippen LogP contribution in [0.15, 0.2) is 0 Å². The minimum absolute atomic E-state index is 0.215. The van der Waals surface area contributed by atoms with Crippen molar-refractivity contribution in [2.45, 2.75) is 58.8 Å². The second-order valence-electron chi connectivity index (χ2n) is 5.18. The summed E-state index contributed by atoms with van der Waals surface area (Å²) in [5, 5.41) is 12.9. The zero-order valence-corrected chi connectivity index (χ0v) is 11.2. The molecule has 0 saturated carbocycles. The molecule has 0 saturated heterocycles. The number of likely N-dealkylation sites (N-methyl/N-ethyl adjacent to an activating group) is 1. The topological polar surface area (TPSA) is 58.6 Å². The van der Waals surface area contributed by atoms with Gasteiger partial charge in [0.05, 0.1) is 0 Å². The monoisotopic (exact) mass is 231 g/mol. The first-order valence-electron chi connectivity index (χ1n) is 5.81. The lowest BCUT2D eigenvalue weighted by Crippen LogP contribution is -2.48. The van der Waals surface area contributed by atoms with Gasteiger partial charge in [0, 0.05) is 6.04 Å². The lowest BCUT2D eigenvalue weighted by atomic mass is 9.94. The van der Waals surface area contributed by atoms with Gasteiger partial charge in [-0.05, 0) is 33.7 Å². The highest BCUT2D eigenvalue weighted by Crippen LogP contribution is 2.15. The average Bonchev–Trinajstić information content (AvgIpc) is 2.15. The zero-order chi connectivity index (χ0) is 12.9. The molecule has 0 aliphatic heterocycles. The molecule has 0 fully saturated rings. The lowest BCUT2D eigenvalue weighted by Gasteiger charge is -2.29. The molecule has 0 aromatic rings. The summed E-state index contributed by atoms with van der Waals surface area (Å²) in [6, 6.07) is -0.264. The number of carbonyl (C=O) groups is 1. The van der Waals surface area contributed by atoms with Gasteiger partial charge in [-0.15, -0.1) is 0 Å². The molecule has 0 spiro atoms. The van der Waals surface area contributed by atoms with Crippen LogP contribution in [0.3, 0.4) is 0 Å². The standard InChI is InChI=1S/C12H25NO3/c1-7-8(2)9(13-6)10(14)11(15)16-12(3,4)5/h8-10,13-14H,7H2,1-6H3/t8-,9-,10?/m0/s1. The molecule has 0 amide bonds. The van der Waals surface area contributed by atoms with E-state index in [1.54, 1.807) is 27.8 Å². The number of rotatable bonds is 5. The number of nitrogens with one attached hydrogen (secondary N) is 1. The highest BCUT2D eigenvalue weighted by molar-refractivity contribution is 5.75. The van der Waals surface area contributed by atoms with Crippen molar-refractivity contribution >= 4 is 5.97 Å². The molecule has 0 aliphatic rings. The first-order chi connectivity index (χ1) is 7.22. The number of aliphatic hydroxyl groups is 1. The Kier molecular flexibility index (Phi) is 5.97. The quantitative estimate of drug-likeness (QED) is 0.701. The summed E-state index contributed by atoms with van der Waals surface area (Å²) in [6.07, 6.45) is -0.218. The van der Waals surface area contributed by atoms with Gasteiger partial charge in [-0.3, -0.25) is 0 Å². The maximum atomic E-state index is 11.7. The molecule has 2 N–H and O–H groups in total. The molecule has 0 aliphatic carbocycles. The van der Waals surface area contributed by atoms with Crippen molar-refractivity contribution in [1.82, 2.24) is 5.32 Å². The molecule has 3 atom stereocenters. The Morgan fingerprint density at radius 1 is 1.44 bits per heavy atom. The minimum Gasteiger partial charge on any atom is -0.458 e. The molecular weight excluding hydrogens is 206 g/mol.